The summed E-state index contributed by atoms with van der Waals surface area (Å²) in [6.45, 7) is 15.2. The molecule has 0 amide bonds. The van der Waals surface area contributed by atoms with E-state index >= 15 is 0 Å². The van der Waals surface area contributed by atoms with Crippen LogP contribution in [0.2, 0.25) is 39.3 Å². The minimum atomic E-state index is -1.47. The quantitative estimate of drug-likeness (QED) is 0.436. The number of anilines is 2. The highest BCUT2D eigenvalue weighted by atomic mass is 28.3. The predicted octanol–water partition coefficient (Wildman–Crippen LogP) is 3.62. The topological polar surface area (TPSA) is 52.0 Å². The molecule has 0 aliphatic rings. The van der Waals surface area contributed by atoms with Gasteiger partial charge in [-0.15, -0.1) is 11.1 Å². The Kier molecular flexibility index (Phi) is 4.99. The van der Waals surface area contributed by atoms with Gasteiger partial charge in [-0.3, -0.25) is 0 Å². The lowest BCUT2D eigenvalue weighted by molar-refractivity contribution is 1.43. The third-order valence-electron chi connectivity index (χ3n) is 2.75. The molecular weight excluding hydrogens is 288 g/mol. The monoisotopic (exact) mass is 314 g/mol. The van der Waals surface area contributed by atoms with Gasteiger partial charge in [0.25, 0.3) is 0 Å². The normalized spacial score (nSPS) is 11.2. The first-order valence-electron chi connectivity index (χ1n) is 7.15. The first-order valence-corrected chi connectivity index (χ1v) is 14.2. The molecule has 0 saturated heterocycles. The smallest absolute Gasteiger partial charge is 0.129 e. The SMILES string of the molecule is Cc1cc(C#C[Si](C)(C)C)c(N)c(C#C[Si](C)(C)C)c1N. The van der Waals surface area contributed by atoms with Crippen molar-refractivity contribution in [2.45, 2.75) is 46.2 Å². The second-order valence-electron chi connectivity index (χ2n) is 7.44. The summed E-state index contributed by atoms with van der Waals surface area (Å²) in [5, 5.41) is 0. The zero-order valence-corrected chi connectivity index (χ0v) is 16.2. The van der Waals surface area contributed by atoms with E-state index in [0.717, 1.165) is 16.7 Å². The van der Waals surface area contributed by atoms with Crippen LogP contribution < -0.4 is 11.5 Å². The van der Waals surface area contributed by atoms with Crippen LogP contribution in [0.5, 0.6) is 0 Å². The van der Waals surface area contributed by atoms with Crippen LogP contribution in [0.15, 0.2) is 6.07 Å². The molecule has 1 aromatic carbocycles. The Morgan fingerprint density at radius 2 is 1.29 bits per heavy atom. The largest absolute Gasteiger partial charge is 0.397 e. The van der Waals surface area contributed by atoms with Crippen molar-refractivity contribution in [3.05, 3.63) is 22.8 Å². The highest BCUT2D eigenvalue weighted by Crippen LogP contribution is 2.26. The number of nitrogens with two attached hydrogens (primary N) is 2. The van der Waals surface area contributed by atoms with Gasteiger partial charge in [-0.25, -0.2) is 0 Å². The van der Waals surface area contributed by atoms with E-state index in [2.05, 4.69) is 62.2 Å². The van der Waals surface area contributed by atoms with E-state index in [9.17, 15) is 0 Å². The van der Waals surface area contributed by atoms with Crippen LogP contribution in [0.25, 0.3) is 0 Å². The van der Waals surface area contributed by atoms with Crippen molar-refractivity contribution in [3.8, 4) is 22.9 Å². The Balaban J connectivity index is 3.48. The second-order valence-corrected chi connectivity index (χ2v) is 16.9. The van der Waals surface area contributed by atoms with Crippen molar-refractivity contribution in [2.24, 2.45) is 0 Å². The summed E-state index contributed by atoms with van der Waals surface area (Å²) < 4.78 is 0. The van der Waals surface area contributed by atoms with Crippen molar-refractivity contribution in [1.82, 2.24) is 0 Å². The molecule has 0 aromatic heterocycles. The molecule has 0 atom stereocenters. The van der Waals surface area contributed by atoms with Gasteiger partial charge < -0.3 is 11.5 Å². The fraction of sp³-hybridized carbons (Fsp3) is 0.412. The summed E-state index contributed by atoms with van der Waals surface area (Å²) in [6.07, 6.45) is 0. The molecule has 0 aliphatic heterocycles. The third kappa shape index (κ3) is 5.34. The molecule has 0 aliphatic carbocycles. The van der Waals surface area contributed by atoms with E-state index in [-0.39, 0.29) is 0 Å². The molecule has 0 radical (unpaired) electrons. The summed E-state index contributed by atoms with van der Waals surface area (Å²) in [4.78, 5) is 0. The molecule has 2 nitrogen and oxygen atoms in total. The second kappa shape index (κ2) is 6.01. The Morgan fingerprint density at radius 1 is 0.810 bits per heavy atom. The van der Waals surface area contributed by atoms with Crippen molar-refractivity contribution >= 4 is 27.5 Å². The minimum absolute atomic E-state index is 0.620. The summed E-state index contributed by atoms with van der Waals surface area (Å²) in [7, 11) is -2.91. The lowest BCUT2D eigenvalue weighted by Gasteiger charge is -2.11. The van der Waals surface area contributed by atoms with Crippen LogP contribution in [0.4, 0.5) is 11.4 Å². The Labute approximate surface area is 131 Å². The van der Waals surface area contributed by atoms with E-state index in [1.807, 2.05) is 13.0 Å². The lowest BCUT2D eigenvalue weighted by atomic mass is 10.0. The summed E-state index contributed by atoms with van der Waals surface area (Å²) in [5.41, 5.74) is 23.0. The van der Waals surface area contributed by atoms with Gasteiger partial charge in [0.05, 0.1) is 16.9 Å². The molecule has 0 fully saturated rings. The predicted molar refractivity (Wildman–Crippen MR) is 100 cm³/mol. The number of hydrogen-bond donors (Lipinski definition) is 2. The minimum Gasteiger partial charge on any atom is -0.397 e. The van der Waals surface area contributed by atoms with E-state index in [4.69, 9.17) is 11.5 Å². The van der Waals surface area contributed by atoms with Crippen LogP contribution in [0.1, 0.15) is 16.7 Å². The summed E-state index contributed by atoms with van der Waals surface area (Å²) in [6, 6.07) is 1.97. The van der Waals surface area contributed by atoms with Gasteiger partial charge in [0.1, 0.15) is 16.1 Å². The summed E-state index contributed by atoms with van der Waals surface area (Å²) in [5.74, 6) is 6.44. The molecular formula is C17H26N2Si2. The van der Waals surface area contributed by atoms with Gasteiger partial charge >= 0.3 is 0 Å². The maximum Gasteiger partial charge on any atom is 0.129 e. The molecule has 1 aromatic rings. The number of hydrogen-bond acceptors (Lipinski definition) is 2. The van der Waals surface area contributed by atoms with E-state index < -0.39 is 16.1 Å². The number of benzene rings is 1. The van der Waals surface area contributed by atoms with Gasteiger partial charge in [-0.05, 0) is 18.6 Å². The first kappa shape index (κ1) is 17.4. The number of aryl methyl sites for hydroxylation is 1. The highest BCUT2D eigenvalue weighted by molar-refractivity contribution is 6.84. The molecule has 0 unspecified atom stereocenters. The first-order chi connectivity index (χ1) is 9.41. The maximum atomic E-state index is 6.26. The van der Waals surface area contributed by atoms with Crippen LogP contribution in [-0.2, 0) is 0 Å². The molecule has 0 heterocycles. The van der Waals surface area contributed by atoms with Gasteiger partial charge in [0.15, 0.2) is 0 Å². The zero-order chi connectivity index (χ0) is 16.4. The van der Waals surface area contributed by atoms with Gasteiger partial charge in [0.2, 0.25) is 0 Å². The Bertz CT molecular complexity index is 670. The van der Waals surface area contributed by atoms with Crippen LogP contribution in [-0.4, -0.2) is 16.1 Å². The molecule has 0 saturated carbocycles. The van der Waals surface area contributed by atoms with Gasteiger partial charge in [-0.2, -0.15) is 0 Å². The number of rotatable bonds is 0. The van der Waals surface area contributed by atoms with E-state index in [1.54, 1.807) is 0 Å². The highest BCUT2D eigenvalue weighted by Gasteiger charge is 2.13. The molecule has 112 valence electrons. The molecule has 4 heteroatoms. The molecule has 1 rings (SSSR count). The van der Waals surface area contributed by atoms with Gasteiger partial charge in [0, 0.05) is 5.56 Å². The molecule has 4 N–H and O–H groups in total. The summed E-state index contributed by atoms with van der Waals surface area (Å²) >= 11 is 0. The van der Waals surface area contributed by atoms with Crippen LogP contribution in [0.3, 0.4) is 0 Å². The Morgan fingerprint density at radius 3 is 1.76 bits per heavy atom. The maximum absolute atomic E-state index is 6.26. The van der Waals surface area contributed by atoms with E-state index in [1.165, 1.54) is 0 Å². The van der Waals surface area contributed by atoms with Crippen LogP contribution in [0, 0.1) is 29.9 Å². The van der Waals surface area contributed by atoms with Gasteiger partial charge in [-0.1, -0.05) is 51.1 Å². The average molecular weight is 315 g/mol. The van der Waals surface area contributed by atoms with Crippen molar-refractivity contribution in [1.29, 1.82) is 0 Å². The average Bonchev–Trinajstić information content (AvgIpc) is 2.29. The fourth-order valence-electron chi connectivity index (χ4n) is 1.59. The standard InChI is InChI=1S/C17H26N2Si2/c1-13-12-14(8-10-20(2,3)4)17(19)15(16(13)18)9-11-21(5,6)7/h12H,18-19H2,1-7H3. The zero-order valence-electron chi connectivity index (χ0n) is 14.2. The lowest BCUT2D eigenvalue weighted by Crippen LogP contribution is -2.17. The molecule has 21 heavy (non-hydrogen) atoms. The van der Waals surface area contributed by atoms with Crippen molar-refractivity contribution < 1.29 is 0 Å². The molecule has 0 spiro atoms. The fourth-order valence-corrected chi connectivity index (χ4v) is 2.60. The van der Waals surface area contributed by atoms with E-state index in [0.29, 0.717) is 11.4 Å². The molecule has 0 bridgehead atoms. The number of nitrogen functional groups attached to an aromatic ring is 2. The Hall–Kier alpha value is -1.63. The van der Waals surface area contributed by atoms with Crippen LogP contribution >= 0.6 is 0 Å². The van der Waals surface area contributed by atoms with Crippen molar-refractivity contribution in [2.75, 3.05) is 11.5 Å². The third-order valence-corrected chi connectivity index (χ3v) is 4.50. The van der Waals surface area contributed by atoms with Crippen molar-refractivity contribution in [3.63, 3.8) is 0 Å².